The van der Waals surface area contributed by atoms with Crippen LogP contribution in [-0.4, -0.2) is 51.5 Å². The Hall–Kier alpha value is -3.22. The molecule has 3 heterocycles. The van der Waals surface area contributed by atoms with Crippen molar-refractivity contribution in [1.82, 2.24) is 19.4 Å². The Morgan fingerprint density at radius 1 is 1.10 bits per heavy atom. The van der Waals surface area contributed by atoms with Crippen molar-refractivity contribution in [2.75, 3.05) is 31.1 Å². The van der Waals surface area contributed by atoms with Crippen LogP contribution in [-0.2, 0) is 6.54 Å². The van der Waals surface area contributed by atoms with E-state index >= 15 is 0 Å². The zero-order chi connectivity index (χ0) is 21.3. The van der Waals surface area contributed by atoms with Crippen molar-refractivity contribution in [3.05, 3.63) is 64.2 Å². The van der Waals surface area contributed by atoms with Gasteiger partial charge in [0.15, 0.2) is 11.3 Å². The number of hydrogen-bond donors (Lipinski definition) is 0. The van der Waals surface area contributed by atoms with Gasteiger partial charge in [0.2, 0.25) is 0 Å². The van der Waals surface area contributed by atoms with Gasteiger partial charge >= 0.3 is 0 Å². The van der Waals surface area contributed by atoms with Gasteiger partial charge in [0.1, 0.15) is 5.52 Å². The third-order valence-electron chi connectivity index (χ3n) is 5.39. The Morgan fingerprint density at radius 2 is 1.87 bits per heavy atom. The number of anilines is 1. The molecule has 0 saturated carbocycles. The van der Waals surface area contributed by atoms with Crippen LogP contribution < -0.4 is 10.5 Å². The van der Waals surface area contributed by atoms with E-state index in [1.54, 1.807) is 27.8 Å². The van der Waals surface area contributed by atoms with E-state index in [4.69, 9.17) is 0 Å². The summed E-state index contributed by atoms with van der Waals surface area (Å²) in [5, 5.41) is 0. The fourth-order valence-corrected chi connectivity index (χ4v) is 3.89. The number of amides is 1. The number of benzene rings is 1. The molecule has 2 aromatic heterocycles. The molecule has 1 saturated heterocycles. The van der Waals surface area contributed by atoms with Crippen LogP contribution in [0.1, 0.15) is 29.9 Å². The molecule has 0 atom stereocenters. The van der Waals surface area contributed by atoms with Gasteiger partial charge in [-0.1, -0.05) is 26.0 Å². The summed E-state index contributed by atoms with van der Waals surface area (Å²) in [5.74, 6) is -0.0525. The molecule has 0 N–H and O–H groups in total. The maximum atomic E-state index is 13.2. The molecular weight excluding hydrogens is 378 g/mol. The molecule has 1 amide bonds. The zero-order valence-corrected chi connectivity index (χ0v) is 17.7. The molecule has 4 rings (SSSR count). The quantitative estimate of drug-likeness (QED) is 0.667. The summed E-state index contributed by atoms with van der Waals surface area (Å²) in [6.45, 7) is 9.21. The van der Waals surface area contributed by atoms with E-state index in [0.717, 1.165) is 18.8 Å². The number of aromatic nitrogens is 3. The van der Waals surface area contributed by atoms with Crippen molar-refractivity contribution in [2.45, 2.75) is 27.3 Å². The van der Waals surface area contributed by atoms with Crippen LogP contribution in [0.3, 0.4) is 0 Å². The van der Waals surface area contributed by atoms with Gasteiger partial charge in [0, 0.05) is 44.6 Å². The average molecular weight is 406 g/mol. The van der Waals surface area contributed by atoms with Crippen LogP contribution in [0.25, 0.3) is 11.2 Å². The number of pyridine rings is 1. The average Bonchev–Trinajstić information content (AvgIpc) is 2.75. The molecule has 7 nitrogen and oxygen atoms in total. The zero-order valence-electron chi connectivity index (χ0n) is 17.7. The number of carbonyl (C=O) groups is 1. The van der Waals surface area contributed by atoms with Crippen molar-refractivity contribution in [3.8, 4) is 0 Å². The summed E-state index contributed by atoms with van der Waals surface area (Å²) in [5.41, 5.74) is 3.10. The molecule has 1 aliphatic heterocycles. The van der Waals surface area contributed by atoms with Gasteiger partial charge in [-0.15, -0.1) is 0 Å². The standard InChI is InChI=1S/C23H27N5O2/c1-16(2)15-28-21-19(8-5-9-24-21)25-20(23(28)30)22(29)27-12-10-26(11-13-27)18-7-4-6-17(3)14-18/h4-9,14,16H,10-13,15H2,1-3H3. The van der Waals surface area contributed by atoms with Gasteiger partial charge in [-0.2, -0.15) is 0 Å². The molecule has 0 radical (unpaired) electrons. The summed E-state index contributed by atoms with van der Waals surface area (Å²) < 4.78 is 1.59. The molecule has 30 heavy (non-hydrogen) atoms. The van der Waals surface area contributed by atoms with Crippen LogP contribution >= 0.6 is 0 Å². The maximum absolute atomic E-state index is 13.2. The lowest BCUT2D eigenvalue weighted by atomic mass is 10.2. The smallest absolute Gasteiger partial charge is 0.283 e. The third-order valence-corrected chi connectivity index (χ3v) is 5.39. The molecule has 1 aliphatic rings. The number of aryl methyl sites for hydroxylation is 1. The third kappa shape index (κ3) is 3.92. The molecule has 0 aliphatic carbocycles. The molecule has 0 bridgehead atoms. The van der Waals surface area contributed by atoms with Gasteiger partial charge in [0.05, 0.1) is 0 Å². The van der Waals surface area contributed by atoms with Crippen molar-refractivity contribution in [2.24, 2.45) is 5.92 Å². The lowest BCUT2D eigenvalue weighted by molar-refractivity contribution is 0.0738. The fraction of sp³-hybridized carbons (Fsp3) is 0.391. The summed E-state index contributed by atoms with van der Waals surface area (Å²) in [6, 6.07) is 11.9. The largest absolute Gasteiger partial charge is 0.368 e. The SMILES string of the molecule is Cc1cccc(N2CCN(C(=O)c3nc4cccnc4n(CC(C)C)c3=O)CC2)c1. The first-order valence-electron chi connectivity index (χ1n) is 10.4. The van der Waals surface area contributed by atoms with Crippen molar-refractivity contribution < 1.29 is 4.79 Å². The molecule has 0 unspecified atom stereocenters. The minimum atomic E-state index is -0.360. The Kier molecular flexibility index (Phi) is 5.53. The van der Waals surface area contributed by atoms with Crippen LogP contribution in [0.15, 0.2) is 47.4 Å². The molecule has 0 spiro atoms. The van der Waals surface area contributed by atoms with Crippen LogP contribution in [0.4, 0.5) is 5.69 Å². The van der Waals surface area contributed by atoms with E-state index in [0.29, 0.717) is 30.8 Å². The van der Waals surface area contributed by atoms with E-state index in [1.807, 2.05) is 19.9 Å². The normalized spacial score (nSPS) is 14.5. The van der Waals surface area contributed by atoms with E-state index < -0.39 is 0 Å². The maximum Gasteiger partial charge on any atom is 0.283 e. The first kappa shape index (κ1) is 20.1. The number of rotatable bonds is 4. The lowest BCUT2D eigenvalue weighted by Crippen LogP contribution is -2.50. The van der Waals surface area contributed by atoms with Gasteiger partial charge in [-0.05, 0) is 42.7 Å². The van der Waals surface area contributed by atoms with Gasteiger partial charge < -0.3 is 9.80 Å². The summed E-state index contributed by atoms with van der Waals surface area (Å²) in [4.78, 5) is 39.1. The molecule has 156 valence electrons. The van der Waals surface area contributed by atoms with E-state index in [-0.39, 0.29) is 23.1 Å². The Morgan fingerprint density at radius 3 is 2.57 bits per heavy atom. The number of fused-ring (bicyclic) bond motifs is 1. The number of nitrogens with zero attached hydrogens (tertiary/aromatic N) is 5. The molecule has 3 aromatic rings. The minimum absolute atomic E-state index is 0.0137. The molecule has 7 heteroatoms. The summed E-state index contributed by atoms with van der Waals surface area (Å²) in [6.07, 6.45) is 1.65. The van der Waals surface area contributed by atoms with Gasteiger partial charge in [0.25, 0.3) is 11.5 Å². The number of piperazine rings is 1. The first-order valence-corrected chi connectivity index (χ1v) is 10.4. The van der Waals surface area contributed by atoms with Crippen molar-refractivity contribution >= 4 is 22.8 Å². The molecule has 1 aromatic carbocycles. The van der Waals surface area contributed by atoms with E-state index in [2.05, 4.69) is 40.0 Å². The molecule has 1 fully saturated rings. The van der Waals surface area contributed by atoms with E-state index in [9.17, 15) is 9.59 Å². The number of carbonyl (C=O) groups excluding carboxylic acids is 1. The van der Waals surface area contributed by atoms with Crippen molar-refractivity contribution in [1.29, 1.82) is 0 Å². The second-order valence-electron chi connectivity index (χ2n) is 8.23. The van der Waals surface area contributed by atoms with Crippen molar-refractivity contribution in [3.63, 3.8) is 0 Å². The Bertz CT molecular complexity index is 1130. The van der Waals surface area contributed by atoms with E-state index in [1.165, 1.54) is 5.56 Å². The molecular formula is C23H27N5O2. The van der Waals surface area contributed by atoms with Crippen LogP contribution in [0.5, 0.6) is 0 Å². The Labute approximate surface area is 176 Å². The Balaban J connectivity index is 1.59. The monoisotopic (exact) mass is 405 g/mol. The van der Waals surface area contributed by atoms with Crippen LogP contribution in [0, 0.1) is 12.8 Å². The first-order chi connectivity index (χ1) is 14.4. The van der Waals surface area contributed by atoms with Crippen LogP contribution in [0.2, 0.25) is 0 Å². The lowest BCUT2D eigenvalue weighted by Gasteiger charge is -2.36. The highest BCUT2D eigenvalue weighted by Crippen LogP contribution is 2.18. The number of hydrogen-bond acceptors (Lipinski definition) is 5. The summed E-state index contributed by atoms with van der Waals surface area (Å²) >= 11 is 0. The van der Waals surface area contributed by atoms with Gasteiger partial charge in [-0.3, -0.25) is 14.2 Å². The summed E-state index contributed by atoms with van der Waals surface area (Å²) in [7, 11) is 0. The fourth-order valence-electron chi connectivity index (χ4n) is 3.89. The highest BCUT2D eigenvalue weighted by molar-refractivity contribution is 5.93. The predicted molar refractivity (Wildman–Crippen MR) is 118 cm³/mol. The minimum Gasteiger partial charge on any atom is -0.368 e. The second-order valence-corrected chi connectivity index (χ2v) is 8.23. The highest BCUT2D eigenvalue weighted by atomic mass is 16.2. The van der Waals surface area contributed by atoms with Gasteiger partial charge in [-0.25, -0.2) is 9.97 Å². The second kappa shape index (κ2) is 8.26. The highest BCUT2D eigenvalue weighted by Gasteiger charge is 2.27. The predicted octanol–water partition coefficient (Wildman–Crippen LogP) is 2.72. The topological polar surface area (TPSA) is 71.3 Å².